The molecule has 2 aliphatic heterocycles. The van der Waals surface area contributed by atoms with Crippen LogP contribution in [0.5, 0.6) is 5.75 Å². The van der Waals surface area contributed by atoms with Crippen molar-refractivity contribution >= 4 is 51.7 Å². The molecule has 2 aliphatic rings. The summed E-state index contributed by atoms with van der Waals surface area (Å²) in [6.45, 7) is 12.0. The van der Waals surface area contributed by atoms with Crippen LogP contribution in [0.15, 0.2) is 78.4 Å². The predicted octanol–water partition coefficient (Wildman–Crippen LogP) is 7.04. The molecule has 1 unspecified atom stereocenters. The zero-order chi connectivity index (χ0) is 52.4. The number of hydrogen-bond donors (Lipinski definition) is 5. The summed E-state index contributed by atoms with van der Waals surface area (Å²) in [4.78, 5) is 73.9. The Morgan fingerprint density at radius 1 is 0.892 bits per heavy atom. The number of thiazole rings is 1. The summed E-state index contributed by atoms with van der Waals surface area (Å²) in [6, 6.07) is 18.9. The standard InChI is InChI=1S/C55H68FN11O6S/c1-35-50(74-34-60-35)38-18-16-36(17-19-38)30-59-53(71)43-29-40(68)32-67(43)54(72)51(55(2,3)4)61-45(69)15-10-8-6-7-9-11-24-57-46(70)33-65-25-27-66(28-26-65)39-22-20-37(21-23-39)48-49-42(63-64-48)31-58-52(62-49)47-41(56)13-12-14-44(47)73-5/h12-14,16-23,31,34,40,43,51,68H,6-11,15,24-30,32-33H2,1-5H3,(H,57,70)(H,59,71)(H,61,69)(H,63,64)/t40?,43-,51+/m0/s1. The van der Waals surface area contributed by atoms with Crippen LogP contribution < -0.4 is 25.6 Å². The minimum atomic E-state index is -0.867. The topological polar surface area (TPSA) is 211 Å². The fourth-order valence-electron chi connectivity index (χ4n) is 9.64. The van der Waals surface area contributed by atoms with Crippen LogP contribution >= 0.6 is 11.3 Å². The van der Waals surface area contributed by atoms with E-state index in [2.05, 4.69) is 63.0 Å². The lowest BCUT2D eigenvalue weighted by Crippen LogP contribution is -2.57. The number of methoxy groups -OCH3 is 1. The Kier molecular flexibility index (Phi) is 17.7. The molecule has 3 aromatic heterocycles. The van der Waals surface area contributed by atoms with Crippen molar-refractivity contribution in [3.63, 3.8) is 0 Å². The number of aromatic nitrogens is 5. The molecule has 2 fully saturated rings. The molecular formula is C55H68FN11O6S. The molecule has 5 N–H and O–H groups in total. The van der Waals surface area contributed by atoms with E-state index in [4.69, 9.17) is 4.74 Å². The zero-order valence-electron chi connectivity index (χ0n) is 43.0. The van der Waals surface area contributed by atoms with E-state index in [1.54, 1.807) is 29.7 Å². The molecule has 19 heteroatoms. The van der Waals surface area contributed by atoms with Crippen molar-refractivity contribution in [2.24, 2.45) is 5.41 Å². The van der Waals surface area contributed by atoms with Gasteiger partial charge in [-0.1, -0.05) is 88.9 Å². The highest BCUT2D eigenvalue weighted by molar-refractivity contribution is 7.13. The quantitative estimate of drug-likeness (QED) is 0.0460. The molecule has 0 bridgehead atoms. The number of carbonyl (C=O) groups is 4. The van der Waals surface area contributed by atoms with Gasteiger partial charge in [0.05, 0.1) is 47.6 Å². The highest BCUT2D eigenvalue weighted by atomic mass is 32.1. The average Bonchev–Trinajstić information content (AvgIpc) is 4.14. The Morgan fingerprint density at radius 2 is 1.61 bits per heavy atom. The summed E-state index contributed by atoms with van der Waals surface area (Å²) in [5.41, 5.74) is 8.11. The van der Waals surface area contributed by atoms with Gasteiger partial charge in [-0.3, -0.25) is 29.2 Å². The van der Waals surface area contributed by atoms with Gasteiger partial charge in [0, 0.05) is 69.9 Å². The molecule has 8 rings (SSSR count). The first-order valence-electron chi connectivity index (χ1n) is 25.6. The molecule has 0 spiro atoms. The van der Waals surface area contributed by atoms with Crippen molar-refractivity contribution in [2.45, 2.75) is 104 Å². The van der Waals surface area contributed by atoms with E-state index in [1.165, 1.54) is 18.1 Å². The molecule has 17 nitrogen and oxygen atoms in total. The first-order valence-corrected chi connectivity index (χ1v) is 26.5. The summed E-state index contributed by atoms with van der Waals surface area (Å²) in [7, 11) is 1.48. The molecule has 2 saturated heterocycles. The van der Waals surface area contributed by atoms with Crippen molar-refractivity contribution in [3.8, 4) is 38.8 Å². The van der Waals surface area contributed by atoms with Crippen LogP contribution in [0.25, 0.3) is 44.1 Å². The molecule has 4 amide bonds. The molecule has 5 heterocycles. The molecule has 0 saturated carbocycles. The number of β-amino-alcohol motifs (C(OH)–C–C–N with tert-alkyl or cyclic N) is 1. The Morgan fingerprint density at radius 3 is 2.31 bits per heavy atom. The molecule has 3 aromatic carbocycles. The van der Waals surface area contributed by atoms with Gasteiger partial charge in [-0.05, 0) is 60.6 Å². The van der Waals surface area contributed by atoms with Gasteiger partial charge in [-0.15, -0.1) is 11.3 Å². The smallest absolute Gasteiger partial charge is 0.246 e. The van der Waals surface area contributed by atoms with Gasteiger partial charge in [0.1, 0.15) is 40.4 Å². The number of benzene rings is 3. The van der Waals surface area contributed by atoms with Crippen LogP contribution in [0.1, 0.15) is 83.4 Å². The van der Waals surface area contributed by atoms with Crippen molar-refractivity contribution < 1.29 is 33.4 Å². The largest absolute Gasteiger partial charge is 0.496 e. The Bertz CT molecular complexity index is 2880. The highest BCUT2D eigenvalue weighted by Crippen LogP contribution is 2.34. The van der Waals surface area contributed by atoms with Crippen LogP contribution in [-0.4, -0.2) is 135 Å². The normalized spacial score (nSPS) is 16.6. The van der Waals surface area contributed by atoms with Crippen LogP contribution in [0, 0.1) is 18.2 Å². The van der Waals surface area contributed by atoms with Gasteiger partial charge in [0.25, 0.3) is 0 Å². The third kappa shape index (κ3) is 13.3. The van der Waals surface area contributed by atoms with Crippen LogP contribution in [0.3, 0.4) is 0 Å². The number of carbonyl (C=O) groups excluding carboxylic acids is 4. The Balaban J connectivity index is 0.692. The van der Waals surface area contributed by atoms with E-state index in [-0.39, 0.29) is 60.9 Å². The average molecular weight is 1030 g/mol. The van der Waals surface area contributed by atoms with E-state index in [1.807, 2.05) is 69.6 Å². The maximum atomic E-state index is 14.8. The molecule has 6 aromatic rings. The number of hydrogen-bond acceptors (Lipinski definition) is 13. The maximum absolute atomic E-state index is 14.8. The molecule has 0 aliphatic carbocycles. The van der Waals surface area contributed by atoms with Crippen molar-refractivity contribution in [3.05, 3.63) is 95.5 Å². The number of aliphatic hydroxyl groups excluding tert-OH is 1. The number of aromatic amines is 1. The van der Waals surface area contributed by atoms with Crippen molar-refractivity contribution in [2.75, 3.05) is 57.8 Å². The van der Waals surface area contributed by atoms with Crippen LogP contribution in [0.4, 0.5) is 10.1 Å². The number of rotatable bonds is 21. The number of ether oxygens (including phenoxy) is 1. The second-order valence-electron chi connectivity index (χ2n) is 20.3. The molecule has 392 valence electrons. The molecule has 0 radical (unpaired) electrons. The second-order valence-corrected chi connectivity index (χ2v) is 21.2. The Hall–Kier alpha value is -6.83. The summed E-state index contributed by atoms with van der Waals surface area (Å²) >= 11 is 1.58. The van der Waals surface area contributed by atoms with Gasteiger partial charge in [-0.25, -0.2) is 19.3 Å². The number of aryl methyl sites for hydroxylation is 1. The second kappa shape index (κ2) is 24.5. The highest BCUT2D eigenvalue weighted by Gasteiger charge is 2.44. The van der Waals surface area contributed by atoms with E-state index >= 15 is 0 Å². The van der Waals surface area contributed by atoms with Gasteiger partial charge in [-0.2, -0.15) is 5.10 Å². The number of anilines is 1. The number of H-pyrrole nitrogens is 1. The lowest BCUT2D eigenvalue weighted by atomic mass is 9.85. The van der Waals surface area contributed by atoms with Crippen LogP contribution in [0.2, 0.25) is 0 Å². The minimum absolute atomic E-state index is 0.0208. The number of unbranched alkanes of at least 4 members (excludes halogenated alkanes) is 5. The summed E-state index contributed by atoms with van der Waals surface area (Å²) in [6.07, 6.45) is 6.49. The summed E-state index contributed by atoms with van der Waals surface area (Å²) < 4.78 is 20.2. The number of piperazine rings is 1. The first kappa shape index (κ1) is 53.5. The number of aliphatic hydroxyl groups is 1. The number of amides is 4. The Labute approximate surface area is 435 Å². The molecular weight excluding hydrogens is 962 g/mol. The van der Waals surface area contributed by atoms with E-state index in [9.17, 15) is 28.7 Å². The third-order valence-corrected chi connectivity index (χ3v) is 14.8. The fourth-order valence-corrected chi connectivity index (χ4v) is 10.5. The lowest BCUT2D eigenvalue weighted by molar-refractivity contribution is -0.144. The summed E-state index contributed by atoms with van der Waals surface area (Å²) in [5.74, 6) is -0.822. The first-order chi connectivity index (χ1) is 35.7. The van der Waals surface area contributed by atoms with Crippen molar-refractivity contribution in [1.82, 2.24) is 50.9 Å². The van der Waals surface area contributed by atoms with Gasteiger partial charge in [0.2, 0.25) is 23.6 Å². The lowest BCUT2D eigenvalue weighted by Gasteiger charge is -2.35. The molecule has 74 heavy (non-hydrogen) atoms. The van der Waals surface area contributed by atoms with E-state index in [0.717, 1.165) is 91.2 Å². The fraction of sp³-hybridized carbons (Fsp3) is 0.455. The van der Waals surface area contributed by atoms with E-state index in [0.29, 0.717) is 42.0 Å². The number of halogens is 1. The monoisotopic (exact) mass is 1030 g/mol. The van der Waals surface area contributed by atoms with Crippen LogP contribution in [-0.2, 0) is 25.7 Å². The number of nitrogens with zero attached hydrogens (tertiary/aromatic N) is 7. The van der Waals surface area contributed by atoms with Gasteiger partial charge < -0.3 is 35.6 Å². The zero-order valence-corrected chi connectivity index (χ0v) is 43.8. The third-order valence-electron chi connectivity index (χ3n) is 13.8. The van der Waals surface area contributed by atoms with Crippen molar-refractivity contribution in [1.29, 1.82) is 0 Å². The number of nitrogens with one attached hydrogen (secondary N) is 4. The molecule has 3 atom stereocenters. The minimum Gasteiger partial charge on any atom is -0.496 e. The number of likely N-dealkylation sites (tertiary alicyclic amines) is 1. The van der Waals surface area contributed by atoms with E-state index < -0.39 is 29.4 Å². The van der Waals surface area contributed by atoms with Gasteiger partial charge >= 0.3 is 0 Å². The summed E-state index contributed by atoms with van der Waals surface area (Å²) in [5, 5.41) is 27.1. The van der Waals surface area contributed by atoms with Gasteiger partial charge in [0.15, 0.2) is 5.82 Å². The maximum Gasteiger partial charge on any atom is 0.246 e. The predicted molar refractivity (Wildman–Crippen MR) is 285 cm³/mol. The SMILES string of the molecule is COc1cccc(F)c1-c1ncc2[nH]nc(-c3ccc(N4CCN(CC(=O)NCCCCCCCCC(=O)N[C@H](C(=O)N5CC(O)C[C@H]5C(=O)NCc5ccc(-c6scnc6C)cc5)C(C)(C)C)CC4)cc3)c2n1. The number of fused-ring (bicyclic) bond motifs is 1.